The Labute approximate surface area is 207 Å². The van der Waals surface area contributed by atoms with Crippen molar-refractivity contribution in [3.05, 3.63) is 36.0 Å². The van der Waals surface area contributed by atoms with E-state index in [0.29, 0.717) is 12.8 Å². The molecule has 3 rings (SSSR count). The van der Waals surface area contributed by atoms with Gasteiger partial charge in [-0.05, 0) is 37.8 Å². The molecule has 190 valence electrons. The van der Waals surface area contributed by atoms with E-state index in [1.807, 2.05) is 24.3 Å². The molecule has 0 bridgehead atoms. The van der Waals surface area contributed by atoms with E-state index in [1.165, 1.54) is 11.8 Å². The molecule has 1 aliphatic rings. The molecule has 5 atom stereocenters. The molecular formula is C23H31N5O6S. The van der Waals surface area contributed by atoms with Gasteiger partial charge in [0.2, 0.25) is 17.7 Å². The summed E-state index contributed by atoms with van der Waals surface area (Å²) in [5.41, 5.74) is 7.82. The number of H-pyrrole nitrogens is 1. The molecule has 0 radical (unpaired) electrons. The average Bonchev–Trinajstić information content (AvgIpc) is 3.48. The van der Waals surface area contributed by atoms with Crippen LogP contribution >= 0.6 is 12.6 Å². The number of nitrogens with one attached hydrogen (secondary N) is 3. The van der Waals surface area contributed by atoms with Crippen LogP contribution in [-0.2, 0) is 25.6 Å². The number of amides is 3. The molecule has 35 heavy (non-hydrogen) atoms. The molecule has 1 aliphatic heterocycles. The zero-order chi connectivity index (χ0) is 25.7. The van der Waals surface area contributed by atoms with Crippen LogP contribution in [0.2, 0.25) is 0 Å². The molecule has 0 spiro atoms. The minimum Gasteiger partial charge on any atom is -0.480 e. The SMILES string of the molecule is CC(O)C(NC(=O)C(N)Cc1c[nH]c2ccccc12)C(=O)NC(CS)C(=O)N1CCCC1C(=O)O. The third-order valence-corrected chi connectivity index (χ3v) is 6.50. The zero-order valence-corrected chi connectivity index (χ0v) is 20.2. The molecule has 2 aromatic rings. The quantitative estimate of drug-likeness (QED) is 0.211. The Hall–Kier alpha value is -3.09. The summed E-state index contributed by atoms with van der Waals surface area (Å²) >= 11 is 4.12. The number of nitrogens with two attached hydrogens (primary N) is 1. The van der Waals surface area contributed by atoms with Crippen LogP contribution in [-0.4, -0.2) is 86.4 Å². The molecule has 3 amide bonds. The number of benzene rings is 1. The number of carbonyl (C=O) groups excluding carboxylic acids is 3. The summed E-state index contributed by atoms with van der Waals surface area (Å²) in [5, 5.41) is 25.4. The van der Waals surface area contributed by atoms with E-state index in [1.54, 1.807) is 6.20 Å². The summed E-state index contributed by atoms with van der Waals surface area (Å²) in [4.78, 5) is 54.2. The van der Waals surface area contributed by atoms with E-state index in [9.17, 15) is 29.4 Å². The number of carbonyl (C=O) groups is 4. The number of aromatic amines is 1. The van der Waals surface area contributed by atoms with Gasteiger partial charge >= 0.3 is 5.97 Å². The molecule has 1 fully saturated rings. The molecule has 1 aromatic heterocycles. The highest BCUT2D eigenvalue weighted by Gasteiger charge is 2.38. The summed E-state index contributed by atoms with van der Waals surface area (Å²) < 4.78 is 0. The van der Waals surface area contributed by atoms with Crippen LogP contribution in [0.15, 0.2) is 30.5 Å². The number of thiol groups is 1. The Morgan fingerprint density at radius 3 is 2.60 bits per heavy atom. The van der Waals surface area contributed by atoms with Gasteiger partial charge < -0.3 is 36.5 Å². The lowest BCUT2D eigenvalue weighted by molar-refractivity contribution is -0.149. The molecular weight excluding hydrogens is 474 g/mol. The minimum atomic E-state index is -1.37. The topological polar surface area (TPSA) is 178 Å². The van der Waals surface area contributed by atoms with Gasteiger partial charge in [0.1, 0.15) is 18.1 Å². The first kappa shape index (κ1) is 26.5. The van der Waals surface area contributed by atoms with Crippen LogP contribution in [0.4, 0.5) is 0 Å². The van der Waals surface area contributed by atoms with Crippen molar-refractivity contribution in [1.29, 1.82) is 0 Å². The van der Waals surface area contributed by atoms with Crippen molar-refractivity contribution in [3.63, 3.8) is 0 Å². The van der Waals surface area contributed by atoms with E-state index in [0.717, 1.165) is 16.5 Å². The van der Waals surface area contributed by atoms with Crippen molar-refractivity contribution < 1.29 is 29.4 Å². The number of fused-ring (bicyclic) bond motifs is 1. The number of hydrogen-bond donors (Lipinski definition) is 7. The maximum atomic E-state index is 12.9. The number of likely N-dealkylation sites (tertiary alicyclic amines) is 1. The molecule has 7 N–H and O–H groups in total. The standard InChI is InChI=1S/C23H31N5O6S/c1-12(29)19(21(31)26-17(11-35)22(32)28-8-4-7-18(28)23(33)34)27-20(30)15(24)9-13-10-25-16-6-3-2-5-14(13)16/h2-3,5-6,10,12,15,17-19,25,29,35H,4,7-9,11,24H2,1H3,(H,26,31)(H,27,30)(H,33,34). The van der Waals surface area contributed by atoms with Crippen LogP contribution in [0, 0.1) is 0 Å². The van der Waals surface area contributed by atoms with Gasteiger partial charge in [-0.15, -0.1) is 0 Å². The van der Waals surface area contributed by atoms with E-state index >= 15 is 0 Å². The van der Waals surface area contributed by atoms with E-state index in [2.05, 4.69) is 28.2 Å². The summed E-state index contributed by atoms with van der Waals surface area (Å²) in [5.74, 6) is -3.22. The van der Waals surface area contributed by atoms with Gasteiger partial charge in [-0.1, -0.05) is 18.2 Å². The normalized spacial score (nSPS) is 19.1. The fraction of sp³-hybridized carbons (Fsp3) is 0.478. The third kappa shape index (κ3) is 6.13. The summed E-state index contributed by atoms with van der Waals surface area (Å²) in [6.07, 6.45) is 1.55. The maximum absolute atomic E-state index is 12.9. The van der Waals surface area contributed by atoms with Gasteiger partial charge in [0.05, 0.1) is 12.1 Å². The Morgan fingerprint density at radius 1 is 1.23 bits per heavy atom. The second-order valence-electron chi connectivity index (χ2n) is 8.67. The summed E-state index contributed by atoms with van der Waals surface area (Å²) in [6.45, 7) is 1.59. The highest BCUT2D eigenvalue weighted by atomic mass is 32.1. The fourth-order valence-electron chi connectivity index (χ4n) is 4.23. The van der Waals surface area contributed by atoms with E-state index in [4.69, 9.17) is 5.73 Å². The first-order valence-electron chi connectivity index (χ1n) is 11.4. The Kier molecular flexibility index (Phi) is 8.76. The number of carboxylic acids is 1. The number of nitrogens with zero attached hydrogens (tertiary/aromatic N) is 1. The molecule has 1 aromatic carbocycles. The van der Waals surface area contributed by atoms with Gasteiger partial charge in [-0.25, -0.2) is 4.79 Å². The van der Waals surface area contributed by atoms with Crippen LogP contribution < -0.4 is 16.4 Å². The van der Waals surface area contributed by atoms with Crippen molar-refractivity contribution in [3.8, 4) is 0 Å². The molecule has 0 aliphatic carbocycles. The van der Waals surface area contributed by atoms with Gasteiger partial charge in [-0.3, -0.25) is 14.4 Å². The van der Waals surface area contributed by atoms with Crippen molar-refractivity contribution in [1.82, 2.24) is 20.5 Å². The van der Waals surface area contributed by atoms with Gasteiger partial charge in [0.25, 0.3) is 0 Å². The van der Waals surface area contributed by atoms with E-state index < -0.39 is 54.0 Å². The van der Waals surface area contributed by atoms with Crippen molar-refractivity contribution in [2.75, 3.05) is 12.3 Å². The monoisotopic (exact) mass is 505 g/mol. The van der Waals surface area contributed by atoms with E-state index in [-0.39, 0.29) is 18.7 Å². The number of aliphatic hydroxyl groups excluding tert-OH is 1. The second-order valence-corrected chi connectivity index (χ2v) is 9.03. The Morgan fingerprint density at radius 2 is 1.94 bits per heavy atom. The van der Waals surface area contributed by atoms with Crippen LogP contribution in [0.1, 0.15) is 25.3 Å². The molecule has 0 saturated carbocycles. The number of aromatic nitrogens is 1. The number of aliphatic carboxylic acids is 1. The molecule has 11 nitrogen and oxygen atoms in total. The number of aliphatic hydroxyl groups is 1. The highest BCUT2D eigenvalue weighted by molar-refractivity contribution is 7.80. The zero-order valence-electron chi connectivity index (χ0n) is 19.3. The summed E-state index contributed by atoms with van der Waals surface area (Å²) in [7, 11) is 0. The number of carboxylic acid groups (broad SMARTS) is 1. The Balaban J connectivity index is 1.64. The Bertz CT molecular complexity index is 1090. The van der Waals surface area contributed by atoms with Crippen LogP contribution in [0.25, 0.3) is 10.9 Å². The van der Waals surface area contributed by atoms with Gasteiger partial charge in [-0.2, -0.15) is 12.6 Å². The summed E-state index contributed by atoms with van der Waals surface area (Å²) in [6, 6.07) is 3.11. The lowest BCUT2D eigenvalue weighted by atomic mass is 10.0. The van der Waals surface area contributed by atoms with Gasteiger partial charge in [0, 0.05) is 29.4 Å². The van der Waals surface area contributed by atoms with Crippen LogP contribution in [0.5, 0.6) is 0 Å². The minimum absolute atomic E-state index is 0.0893. The average molecular weight is 506 g/mol. The molecule has 2 heterocycles. The first-order valence-corrected chi connectivity index (χ1v) is 12.0. The predicted octanol–water partition coefficient (Wildman–Crippen LogP) is -0.606. The number of hydrogen-bond acceptors (Lipinski definition) is 7. The highest BCUT2D eigenvalue weighted by Crippen LogP contribution is 2.20. The number of para-hydroxylation sites is 1. The van der Waals surface area contributed by atoms with Gasteiger partial charge in [0.15, 0.2) is 0 Å². The lowest BCUT2D eigenvalue weighted by Gasteiger charge is -2.28. The predicted molar refractivity (Wildman–Crippen MR) is 132 cm³/mol. The third-order valence-electron chi connectivity index (χ3n) is 6.13. The molecule has 5 unspecified atom stereocenters. The number of rotatable bonds is 10. The molecule has 12 heteroatoms. The maximum Gasteiger partial charge on any atom is 0.326 e. The van der Waals surface area contributed by atoms with Crippen molar-refractivity contribution >= 4 is 47.2 Å². The smallest absolute Gasteiger partial charge is 0.326 e. The largest absolute Gasteiger partial charge is 0.480 e. The lowest BCUT2D eigenvalue weighted by Crippen LogP contribution is -2.60. The van der Waals surface area contributed by atoms with Crippen molar-refractivity contribution in [2.24, 2.45) is 5.73 Å². The fourth-order valence-corrected chi connectivity index (χ4v) is 4.48. The van der Waals surface area contributed by atoms with Crippen LogP contribution in [0.3, 0.4) is 0 Å². The van der Waals surface area contributed by atoms with Crippen molar-refractivity contribution in [2.45, 2.75) is 56.5 Å². The second kappa shape index (κ2) is 11.6. The molecule has 1 saturated heterocycles. The first-order chi connectivity index (χ1) is 16.6.